The third kappa shape index (κ3) is 22.8. The molecule has 3 atom stereocenters. The van der Waals surface area contributed by atoms with Crippen molar-refractivity contribution >= 4 is 79.4 Å². The van der Waals surface area contributed by atoms with Crippen LogP contribution >= 0.6 is 53.0 Å². The van der Waals surface area contributed by atoms with Crippen molar-refractivity contribution < 1.29 is 39.8 Å². The van der Waals surface area contributed by atoms with Gasteiger partial charge in [-0.25, -0.2) is 0 Å². The summed E-state index contributed by atoms with van der Waals surface area (Å²) in [5.74, 6) is 4.92. The van der Waals surface area contributed by atoms with Crippen molar-refractivity contribution in [3.05, 3.63) is 0 Å². The van der Waals surface area contributed by atoms with E-state index in [0.29, 0.717) is 64.7 Å². The van der Waals surface area contributed by atoms with E-state index in [0.717, 1.165) is 60.7 Å². The summed E-state index contributed by atoms with van der Waals surface area (Å²) >= 11 is 0. The molecule has 0 spiro atoms. The maximum Gasteiger partial charge on any atom is 0.500 e. The smallest absolute Gasteiger partial charge is 0.374 e. The van der Waals surface area contributed by atoms with E-state index in [-0.39, 0.29) is 0 Å². The lowest BCUT2D eigenvalue weighted by Crippen LogP contribution is -2.46. The molecule has 0 aromatic heterocycles. The van der Waals surface area contributed by atoms with Gasteiger partial charge >= 0.3 is 26.4 Å². The molecule has 1 saturated carbocycles. The fourth-order valence-electron chi connectivity index (χ4n) is 7.00. The first-order valence-corrected chi connectivity index (χ1v) is 32.7. The highest BCUT2D eigenvalue weighted by Crippen LogP contribution is 2.44. The van der Waals surface area contributed by atoms with Gasteiger partial charge in [0.25, 0.3) is 0 Å². The summed E-state index contributed by atoms with van der Waals surface area (Å²) < 4.78 is 55.3. The normalized spacial score (nSPS) is 17.8. The van der Waals surface area contributed by atoms with Crippen LogP contribution in [0.5, 0.6) is 0 Å². The molecule has 0 radical (unpaired) electrons. The maximum absolute atomic E-state index is 6.29. The third-order valence-electron chi connectivity index (χ3n) is 8.98. The highest BCUT2D eigenvalue weighted by Gasteiger charge is 2.42. The van der Waals surface area contributed by atoms with Crippen molar-refractivity contribution in [2.45, 2.75) is 143 Å². The fraction of sp³-hybridized carbons (Fsp3) is 1.00. The van der Waals surface area contributed by atoms with Crippen LogP contribution in [0, 0.1) is 11.8 Å². The van der Waals surface area contributed by atoms with Gasteiger partial charge in [-0.3, -0.25) is 0 Å². The Labute approximate surface area is 349 Å². The molecule has 0 amide bonds. The minimum absolute atomic E-state index is 0.532. The van der Waals surface area contributed by atoms with Crippen LogP contribution in [0.3, 0.4) is 0 Å². The Hall–Kier alpha value is 2.04. The minimum Gasteiger partial charge on any atom is -0.374 e. The Morgan fingerprint density at radius 1 is 0.472 bits per heavy atom. The van der Waals surface area contributed by atoms with E-state index < -0.39 is 26.4 Å². The van der Waals surface area contributed by atoms with Crippen LogP contribution in [0.1, 0.15) is 120 Å². The van der Waals surface area contributed by atoms with Crippen molar-refractivity contribution in [3.63, 3.8) is 0 Å². The molecular weight excluding hydrogens is 821 g/mol. The molecule has 17 heteroatoms. The second kappa shape index (κ2) is 33.8. The number of hydrogen-bond acceptors (Lipinski definition) is 14. The summed E-state index contributed by atoms with van der Waals surface area (Å²) in [5, 5.41) is 0.532. The SMILES string of the molecule is CCO[Si](CCCSSSCCC1CCCCC1CC(CC[Si](OCC)(OCC)OCC)SSCCC[Si](OCC)(OCC)OCC)(OCC)OCC. The molecule has 3 unspecified atom stereocenters. The van der Waals surface area contributed by atoms with Crippen LogP contribution in [0.25, 0.3) is 0 Å². The van der Waals surface area contributed by atoms with Crippen LogP contribution < -0.4 is 0 Å². The molecular formula is C36H78O9S5Si3. The zero-order valence-electron chi connectivity index (χ0n) is 34.9. The van der Waals surface area contributed by atoms with Gasteiger partial charge in [-0.1, -0.05) is 68.9 Å². The summed E-state index contributed by atoms with van der Waals surface area (Å²) in [6.45, 7) is 24.0. The van der Waals surface area contributed by atoms with E-state index in [9.17, 15) is 0 Å². The van der Waals surface area contributed by atoms with Gasteiger partial charge in [-0.2, -0.15) is 0 Å². The van der Waals surface area contributed by atoms with Gasteiger partial charge < -0.3 is 39.8 Å². The molecule has 1 rings (SSSR count). The van der Waals surface area contributed by atoms with Gasteiger partial charge in [-0.15, -0.1) is 0 Å². The third-order valence-corrected chi connectivity index (χ3v) is 25.7. The van der Waals surface area contributed by atoms with Crippen molar-refractivity contribution in [2.24, 2.45) is 11.8 Å². The quantitative estimate of drug-likeness (QED) is 0.0335. The van der Waals surface area contributed by atoms with E-state index in [1.54, 1.807) is 0 Å². The molecule has 1 fully saturated rings. The lowest BCUT2D eigenvalue weighted by atomic mass is 9.75. The molecule has 1 aliphatic carbocycles. The monoisotopic (exact) mass is 898 g/mol. The summed E-state index contributed by atoms with van der Waals surface area (Å²) in [6.07, 6.45) is 11.1. The molecule has 0 bridgehead atoms. The Balaban J connectivity index is 2.79. The summed E-state index contributed by atoms with van der Waals surface area (Å²) in [7, 11) is 2.19. The van der Waals surface area contributed by atoms with Gasteiger partial charge in [0.1, 0.15) is 0 Å². The molecule has 0 heterocycles. The average molecular weight is 900 g/mol. The van der Waals surface area contributed by atoms with E-state index in [2.05, 4.69) is 31.6 Å². The summed E-state index contributed by atoms with van der Waals surface area (Å²) in [4.78, 5) is 0. The van der Waals surface area contributed by atoms with Crippen molar-refractivity contribution in [3.8, 4) is 0 Å². The molecule has 0 saturated heterocycles. The van der Waals surface area contributed by atoms with E-state index in [4.69, 9.17) is 39.8 Å². The molecule has 318 valence electrons. The van der Waals surface area contributed by atoms with Gasteiger partial charge in [-0.05, 0) is 116 Å². The van der Waals surface area contributed by atoms with E-state index in [1.165, 1.54) is 44.3 Å². The number of hydrogen-bond donors (Lipinski definition) is 0. The Bertz CT molecular complexity index is 798. The van der Waals surface area contributed by atoms with Crippen LogP contribution in [-0.4, -0.2) is 108 Å². The first-order valence-electron chi connectivity index (χ1n) is 20.7. The Morgan fingerprint density at radius 3 is 1.28 bits per heavy atom. The lowest BCUT2D eigenvalue weighted by Gasteiger charge is -2.35. The van der Waals surface area contributed by atoms with Crippen LogP contribution in [0.2, 0.25) is 18.1 Å². The zero-order chi connectivity index (χ0) is 39.1. The van der Waals surface area contributed by atoms with Crippen LogP contribution in [-0.2, 0) is 39.8 Å². The molecule has 0 N–H and O–H groups in total. The molecule has 1 aliphatic rings. The zero-order valence-corrected chi connectivity index (χ0v) is 42.0. The molecule has 9 nitrogen and oxygen atoms in total. The topological polar surface area (TPSA) is 83.1 Å². The van der Waals surface area contributed by atoms with Gasteiger partial charge in [0, 0.05) is 100 Å². The number of rotatable bonds is 38. The largest absolute Gasteiger partial charge is 0.500 e. The van der Waals surface area contributed by atoms with E-state index in [1.807, 2.05) is 83.8 Å². The molecule has 0 aromatic rings. The predicted octanol–water partition coefficient (Wildman–Crippen LogP) is 11.7. The molecule has 0 aromatic carbocycles. The lowest BCUT2D eigenvalue weighted by molar-refractivity contribution is 0.0699. The predicted molar refractivity (Wildman–Crippen MR) is 241 cm³/mol. The average Bonchev–Trinajstić information content (AvgIpc) is 3.13. The van der Waals surface area contributed by atoms with Gasteiger partial charge in [0.05, 0.1) is 0 Å². The highest BCUT2D eigenvalue weighted by molar-refractivity contribution is 9.09. The fourth-order valence-corrected chi connectivity index (χ4v) is 22.4. The molecule has 0 aliphatic heterocycles. The first kappa shape index (κ1) is 53.1. The van der Waals surface area contributed by atoms with Crippen LogP contribution in [0.4, 0.5) is 0 Å². The van der Waals surface area contributed by atoms with E-state index >= 15 is 0 Å². The van der Waals surface area contributed by atoms with Crippen molar-refractivity contribution in [1.82, 2.24) is 0 Å². The standard InChI is InChI=1S/C36H78O9S5Si3/c1-10-37-51(38-11-2,39-12-3)30-21-27-46-49-36(26-32-53(43-16-7,44-17-8)45-18-9)33-35-24-20-19-23-34(35)25-29-48-50-47-28-22-31-52(40-13-4,41-14-5)42-15-6/h34-36H,10-33H2,1-9H3. The van der Waals surface area contributed by atoms with Crippen molar-refractivity contribution in [2.75, 3.05) is 76.7 Å². The summed E-state index contributed by atoms with van der Waals surface area (Å²) in [5.41, 5.74) is 0. The van der Waals surface area contributed by atoms with Gasteiger partial charge in [0.2, 0.25) is 0 Å². The second-order valence-electron chi connectivity index (χ2n) is 12.8. The highest BCUT2D eigenvalue weighted by atomic mass is 33.5. The minimum atomic E-state index is -2.71. The van der Waals surface area contributed by atoms with Gasteiger partial charge in [0.15, 0.2) is 0 Å². The van der Waals surface area contributed by atoms with Crippen molar-refractivity contribution in [1.29, 1.82) is 0 Å². The Morgan fingerprint density at radius 2 is 0.849 bits per heavy atom. The summed E-state index contributed by atoms with van der Waals surface area (Å²) in [6, 6.07) is 2.63. The molecule has 53 heavy (non-hydrogen) atoms. The first-order chi connectivity index (χ1) is 25.8. The second-order valence-corrected chi connectivity index (χ2v) is 28.2. The van der Waals surface area contributed by atoms with Crippen LogP contribution in [0.15, 0.2) is 0 Å². The maximum atomic E-state index is 6.29. The Kier molecular flexibility index (Phi) is 33.9.